The van der Waals surface area contributed by atoms with E-state index in [0.29, 0.717) is 16.6 Å². The summed E-state index contributed by atoms with van der Waals surface area (Å²) in [5, 5.41) is 12.9. The minimum Gasteiger partial charge on any atom is -0.351 e. The van der Waals surface area contributed by atoms with Crippen molar-refractivity contribution in [2.75, 3.05) is 25.5 Å². The summed E-state index contributed by atoms with van der Waals surface area (Å²) in [5.41, 5.74) is 1.48. The summed E-state index contributed by atoms with van der Waals surface area (Å²) in [6.07, 6.45) is 0.228. The number of aromatic nitrogens is 1. The van der Waals surface area contributed by atoms with Gasteiger partial charge < -0.3 is 20.1 Å². The largest absolute Gasteiger partial charge is 0.351 e. The van der Waals surface area contributed by atoms with Gasteiger partial charge in [0.05, 0.1) is 18.5 Å². The first-order chi connectivity index (χ1) is 17.6. The number of aromatic amines is 1. The number of likely N-dealkylation sites (N-methyl/N-ethyl adjacent to an activating group) is 1. The van der Waals surface area contributed by atoms with Gasteiger partial charge in [-0.05, 0) is 48.7 Å². The molecule has 1 saturated heterocycles. The van der Waals surface area contributed by atoms with Crippen LogP contribution in [0, 0.1) is 29.0 Å². The standard InChI is InChI=1S/C24H22FN5O3.C4H10/c1-29(24(33)21-11-15-9-17(25)7-8-20(15)28-21)14-22(31)30-13-16(10-19(30)12-26)23(32)27-18-5-3-2-4-6-18;1-4(2)3/h2-9,11,16,19,28H,10,13-14H2,1H3,(H,27,32);4H,1-3H3. The SMILES string of the molecule is CC(C)C.CN(CC(=O)N1CC(C(=O)Nc2ccccc2)CC1C#N)C(=O)c1cc2cc(F)ccc2[nH]1. The first kappa shape index (κ1) is 27.4. The molecule has 1 fully saturated rings. The Balaban J connectivity index is 0.000000886. The summed E-state index contributed by atoms with van der Waals surface area (Å²) in [7, 11) is 1.48. The highest BCUT2D eigenvalue weighted by Gasteiger charge is 2.39. The van der Waals surface area contributed by atoms with E-state index < -0.39 is 29.6 Å². The van der Waals surface area contributed by atoms with Crippen molar-refractivity contribution in [3.05, 3.63) is 66.1 Å². The normalized spacial score (nSPS) is 16.6. The molecular formula is C28H32FN5O3. The van der Waals surface area contributed by atoms with Crippen molar-refractivity contribution in [1.29, 1.82) is 5.26 Å². The lowest BCUT2D eigenvalue weighted by Gasteiger charge is -2.23. The highest BCUT2D eigenvalue weighted by molar-refractivity contribution is 5.99. The maximum atomic E-state index is 13.4. The molecule has 194 valence electrons. The third kappa shape index (κ3) is 7.17. The Morgan fingerprint density at radius 3 is 2.49 bits per heavy atom. The van der Waals surface area contributed by atoms with Gasteiger partial charge in [-0.25, -0.2) is 4.39 Å². The van der Waals surface area contributed by atoms with Gasteiger partial charge in [-0.2, -0.15) is 5.26 Å². The van der Waals surface area contributed by atoms with Gasteiger partial charge in [0.2, 0.25) is 11.8 Å². The van der Waals surface area contributed by atoms with Gasteiger partial charge in [0.1, 0.15) is 17.6 Å². The Labute approximate surface area is 216 Å². The fourth-order valence-electron chi connectivity index (χ4n) is 3.98. The number of carbonyl (C=O) groups is 3. The molecule has 2 unspecified atom stereocenters. The number of nitrogens with one attached hydrogen (secondary N) is 2. The van der Waals surface area contributed by atoms with Crippen LogP contribution in [0.3, 0.4) is 0 Å². The van der Waals surface area contributed by atoms with Crippen LogP contribution in [0.5, 0.6) is 0 Å². The van der Waals surface area contributed by atoms with Crippen LogP contribution < -0.4 is 5.32 Å². The molecule has 0 aliphatic carbocycles. The van der Waals surface area contributed by atoms with Gasteiger partial charge in [-0.3, -0.25) is 14.4 Å². The summed E-state index contributed by atoms with van der Waals surface area (Å²) in [5.74, 6) is -1.22. The predicted octanol–water partition coefficient (Wildman–Crippen LogP) is 4.42. The van der Waals surface area contributed by atoms with E-state index in [0.717, 1.165) is 5.92 Å². The topological polar surface area (TPSA) is 109 Å². The van der Waals surface area contributed by atoms with Crippen molar-refractivity contribution in [2.45, 2.75) is 33.2 Å². The molecule has 1 aliphatic rings. The number of para-hydroxylation sites is 1. The maximum absolute atomic E-state index is 13.4. The van der Waals surface area contributed by atoms with Gasteiger partial charge in [-0.15, -0.1) is 0 Å². The highest BCUT2D eigenvalue weighted by atomic mass is 19.1. The third-order valence-corrected chi connectivity index (χ3v) is 5.71. The summed E-state index contributed by atoms with van der Waals surface area (Å²) in [4.78, 5) is 43.8. The number of hydrogen-bond donors (Lipinski definition) is 2. The summed E-state index contributed by atoms with van der Waals surface area (Å²) in [6, 6.07) is 16.0. The number of anilines is 1. The molecule has 0 spiro atoms. The first-order valence-corrected chi connectivity index (χ1v) is 12.2. The van der Waals surface area contributed by atoms with E-state index >= 15 is 0 Å². The third-order valence-electron chi connectivity index (χ3n) is 5.71. The molecular weight excluding hydrogens is 473 g/mol. The zero-order chi connectivity index (χ0) is 27.1. The van der Waals surface area contributed by atoms with E-state index in [1.807, 2.05) is 6.07 Å². The molecule has 3 amide bonds. The Hall–Kier alpha value is -4.19. The van der Waals surface area contributed by atoms with Crippen molar-refractivity contribution in [3.63, 3.8) is 0 Å². The number of nitrogens with zero attached hydrogens (tertiary/aromatic N) is 3. The molecule has 2 aromatic carbocycles. The maximum Gasteiger partial charge on any atom is 0.270 e. The number of rotatable bonds is 5. The molecule has 1 aromatic heterocycles. The average Bonchev–Trinajstić information content (AvgIpc) is 3.48. The van der Waals surface area contributed by atoms with Crippen LogP contribution >= 0.6 is 0 Å². The molecule has 2 heterocycles. The zero-order valence-electron chi connectivity index (χ0n) is 21.5. The zero-order valence-corrected chi connectivity index (χ0v) is 21.5. The van der Waals surface area contributed by atoms with Crippen molar-refractivity contribution in [3.8, 4) is 6.07 Å². The molecule has 9 heteroatoms. The molecule has 4 rings (SSSR count). The van der Waals surface area contributed by atoms with Gasteiger partial charge in [-0.1, -0.05) is 39.0 Å². The van der Waals surface area contributed by atoms with E-state index in [1.54, 1.807) is 24.3 Å². The molecule has 3 aromatic rings. The molecule has 0 bridgehead atoms. The van der Waals surface area contributed by atoms with E-state index in [-0.39, 0.29) is 31.1 Å². The minimum absolute atomic E-state index is 0.101. The lowest BCUT2D eigenvalue weighted by molar-refractivity contribution is -0.131. The fourth-order valence-corrected chi connectivity index (χ4v) is 3.98. The number of nitriles is 1. The monoisotopic (exact) mass is 505 g/mol. The van der Waals surface area contributed by atoms with E-state index in [4.69, 9.17) is 0 Å². The Morgan fingerprint density at radius 2 is 1.84 bits per heavy atom. The lowest BCUT2D eigenvalue weighted by atomic mass is 10.1. The van der Waals surface area contributed by atoms with Crippen LogP contribution in [0.1, 0.15) is 37.7 Å². The lowest BCUT2D eigenvalue weighted by Crippen LogP contribution is -2.43. The Kier molecular flexibility index (Phi) is 9.01. The number of likely N-dealkylation sites (tertiary alicyclic amines) is 1. The fraction of sp³-hybridized carbons (Fsp3) is 0.357. The minimum atomic E-state index is -0.747. The molecule has 0 radical (unpaired) electrons. The van der Waals surface area contributed by atoms with Crippen molar-refractivity contribution >= 4 is 34.3 Å². The van der Waals surface area contributed by atoms with Crippen LogP contribution in [0.15, 0.2) is 54.6 Å². The number of hydrogen-bond acceptors (Lipinski definition) is 4. The number of amides is 3. The average molecular weight is 506 g/mol. The van der Waals surface area contributed by atoms with Gasteiger partial charge in [0.25, 0.3) is 5.91 Å². The summed E-state index contributed by atoms with van der Waals surface area (Å²) < 4.78 is 13.4. The van der Waals surface area contributed by atoms with Crippen molar-refractivity contribution in [1.82, 2.24) is 14.8 Å². The molecule has 2 atom stereocenters. The first-order valence-electron chi connectivity index (χ1n) is 12.2. The summed E-state index contributed by atoms with van der Waals surface area (Å²) >= 11 is 0. The van der Waals surface area contributed by atoms with Crippen LogP contribution in [-0.4, -0.2) is 58.7 Å². The number of halogens is 1. The quantitative estimate of drug-likeness (QED) is 0.535. The van der Waals surface area contributed by atoms with Gasteiger partial charge in [0.15, 0.2) is 0 Å². The predicted molar refractivity (Wildman–Crippen MR) is 140 cm³/mol. The van der Waals surface area contributed by atoms with Crippen molar-refractivity contribution in [2.24, 2.45) is 11.8 Å². The number of carbonyl (C=O) groups excluding carboxylic acids is 3. The van der Waals surface area contributed by atoms with Crippen LogP contribution in [0.4, 0.5) is 10.1 Å². The second-order valence-corrected chi connectivity index (χ2v) is 9.79. The van der Waals surface area contributed by atoms with Crippen LogP contribution in [0.25, 0.3) is 10.9 Å². The highest BCUT2D eigenvalue weighted by Crippen LogP contribution is 2.25. The second-order valence-electron chi connectivity index (χ2n) is 9.79. The number of fused-ring (bicyclic) bond motifs is 1. The smallest absolute Gasteiger partial charge is 0.270 e. The van der Waals surface area contributed by atoms with E-state index in [9.17, 15) is 24.0 Å². The molecule has 8 nitrogen and oxygen atoms in total. The molecule has 1 aliphatic heterocycles. The number of H-pyrrole nitrogens is 1. The van der Waals surface area contributed by atoms with Crippen LogP contribution in [-0.2, 0) is 9.59 Å². The molecule has 37 heavy (non-hydrogen) atoms. The second kappa shape index (κ2) is 12.2. The van der Waals surface area contributed by atoms with Crippen molar-refractivity contribution < 1.29 is 18.8 Å². The van der Waals surface area contributed by atoms with E-state index in [1.165, 1.54) is 41.1 Å². The van der Waals surface area contributed by atoms with Crippen LogP contribution in [0.2, 0.25) is 0 Å². The Bertz CT molecular complexity index is 1300. The van der Waals surface area contributed by atoms with E-state index in [2.05, 4.69) is 37.1 Å². The molecule has 2 N–H and O–H groups in total. The molecule has 0 saturated carbocycles. The number of benzene rings is 2. The van der Waals surface area contributed by atoms with Gasteiger partial charge >= 0.3 is 0 Å². The Morgan fingerprint density at radius 1 is 1.16 bits per heavy atom. The van der Waals surface area contributed by atoms with Gasteiger partial charge in [0, 0.05) is 30.2 Å². The summed E-state index contributed by atoms with van der Waals surface area (Å²) in [6.45, 7) is 6.34.